The monoisotopic (exact) mass is 331 g/mol. The van der Waals surface area contributed by atoms with Crippen LogP contribution in [0.1, 0.15) is 31.9 Å². The van der Waals surface area contributed by atoms with E-state index >= 15 is 0 Å². The Kier molecular flexibility index (Phi) is 4.78. The zero-order valence-electron chi connectivity index (χ0n) is 12.0. The maximum atomic E-state index is 12.1. The van der Waals surface area contributed by atoms with Gasteiger partial charge in [-0.15, -0.1) is 0 Å². The molecule has 21 heavy (non-hydrogen) atoms. The summed E-state index contributed by atoms with van der Waals surface area (Å²) in [6.45, 7) is 4.39. The van der Waals surface area contributed by atoms with Crippen LogP contribution in [0, 0.1) is 0 Å². The highest BCUT2D eigenvalue weighted by atomic mass is 35.7. The van der Waals surface area contributed by atoms with Gasteiger partial charge in [-0.1, -0.05) is 18.2 Å². The standard InChI is InChI=1S/C14H18ClNO4S/c1-3-20-13-7-5-4-6-12(13)10(2)16-9-11(8-14(16)17)21(15,18)19/h4-7,10-11H,3,8-9H2,1-2H3. The molecule has 0 radical (unpaired) electrons. The second-order valence-electron chi connectivity index (χ2n) is 4.99. The Balaban J connectivity index is 2.25. The van der Waals surface area contributed by atoms with Crippen molar-refractivity contribution < 1.29 is 17.9 Å². The Morgan fingerprint density at radius 3 is 2.67 bits per heavy atom. The molecule has 1 amide bonds. The number of nitrogens with zero attached hydrogens (tertiary/aromatic N) is 1. The normalized spacial score (nSPS) is 20.6. The van der Waals surface area contributed by atoms with Crippen LogP contribution in [0.3, 0.4) is 0 Å². The fraction of sp³-hybridized carbons (Fsp3) is 0.500. The number of likely N-dealkylation sites (tertiary alicyclic amines) is 1. The van der Waals surface area contributed by atoms with E-state index in [0.29, 0.717) is 12.4 Å². The number of rotatable bonds is 5. The molecule has 2 rings (SSSR count). The van der Waals surface area contributed by atoms with Gasteiger partial charge in [0.1, 0.15) is 11.0 Å². The van der Waals surface area contributed by atoms with Gasteiger partial charge >= 0.3 is 0 Å². The molecule has 0 aromatic heterocycles. The Hall–Kier alpha value is -1.27. The Labute approximate surface area is 129 Å². The van der Waals surface area contributed by atoms with Crippen molar-refractivity contribution in [3.8, 4) is 5.75 Å². The van der Waals surface area contributed by atoms with Crippen molar-refractivity contribution in [1.29, 1.82) is 0 Å². The summed E-state index contributed by atoms with van der Waals surface area (Å²) in [6, 6.07) is 7.18. The molecule has 0 aliphatic carbocycles. The van der Waals surface area contributed by atoms with Crippen molar-refractivity contribution in [3.05, 3.63) is 29.8 Å². The van der Waals surface area contributed by atoms with Crippen LogP contribution in [0.15, 0.2) is 24.3 Å². The van der Waals surface area contributed by atoms with E-state index in [1.165, 1.54) is 0 Å². The fourth-order valence-electron chi connectivity index (χ4n) is 2.54. The highest BCUT2D eigenvalue weighted by Crippen LogP contribution is 2.33. The van der Waals surface area contributed by atoms with Gasteiger partial charge in [-0.25, -0.2) is 8.42 Å². The zero-order chi connectivity index (χ0) is 15.6. The third kappa shape index (κ3) is 3.49. The van der Waals surface area contributed by atoms with Crippen molar-refractivity contribution >= 4 is 25.6 Å². The molecule has 1 aromatic rings. The van der Waals surface area contributed by atoms with Gasteiger partial charge in [-0.05, 0) is 19.9 Å². The molecule has 0 bridgehead atoms. The van der Waals surface area contributed by atoms with Gasteiger partial charge in [-0.3, -0.25) is 4.79 Å². The molecule has 5 nitrogen and oxygen atoms in total. The molecule has 2 unspecified atom stereocenters. The van der Waals surface area contributed by atoms with E-state index < -0.39 is 14.3 Å². The fourth-order valence-corrected chi connectivity index (χ4v) is 3.58. The first kappa shape index (κ1) is 16.1. The van der Waals surface area contributed by atoms with E-state index in [4.69, 9.17) is 15.4 Å². The van der Waals surface area contributed by atoms with E-state index in [1.807, 2.05) is 38.1 Å². The number of benzene rings is 1. The van der Waals surface area contributed by atoms with E-state index in [9.17, 15) is 13.2 Å². The van der Waals surface area contributed by atoms with Gasteiger partial charge in [0.05, 0.1) is 12.6 Å². The number of halogens is 1. The Morgan fingerprint density at radius 2 is 2.10 bits per heavy atom. The third-order valence-corrected chi connectivity index (χ3v) is 5.53. The predicted octanol–water partition coefficient (Wildman–Crippen LogP) is 2.32. The molecule has 0 saturated carbocycles. The number of hydrogen-bond acceptors (Lipinski definition) is 4. The minimum Gasteiger partial charge on any atom is -0.494 e. The van der Waals surface area contributed by atoms with Crippen molar-refractivity contribution in [3.63, 3.8) is 0 Å². The van der Waals surface area contributed by atoms with E-state index in [-0.39, 0.29) is 24.9 Å². The van der Waals surface area contributed by atoms with Crippen LogP contribution in [-0.2, 0) is 13.8 Å². The molecule has 1 heterocycles. The summed E-state index contributed by atoms with van der Waals surface area (Å²) in [4.78, 5) is 13.6. The van der Waals surface area contributed by atoms with Gasteiger partial charge in [-0.2, -0.15) is 0 Å². The van der Waals surface area contributed by atoms with Crippen LogP contribution < -0.4 is 4.74 Å². The van der Waals surface area contributed by atoms with Gasteiger partial charge in [0.2, 0.25) is 15.0 Å². The summed E-state index contributed by atoms with van der Waals surface area (Å²) in [5, 5.41) is -0.839. The number of carbonyl (C=O) groups excluding carboxylic acids is 1. The van der Waals surface area contributed by atoms with Gasteiger partial charge < -0.3 is 9.64 Å². The minimum atomic E-state index is -3.73. The summed E-state index contributed by atoms with van der Waals surface area (Å²) >= 11 is 0. The van der Waals surface area contributed by atoms with Crippen LogP contribution in [0.25, 0.3) is 0 Å². The van der Waals surface area contributed by atoms with E-state index in [1.54, 1.807) is 4.90 Å². The summed E-state index contributed by atoms with van der Waals surface area (Å²) in [5.74, 6) is 0.500. The van der Waals surface area contributed by atoms with Crippen molar-refractivity contribution in [2.45, 2.75) is 31.6 Å². The Bertz CT molecular complexity index is 632. The second-order valence-corrected chi connectivity index (χ2v) is 7.90. The van der Waals surface area contributed by atoms with Gasteiger partial charge in [0.15, 0.2) is 0 Å². The topological polar surface area (TPSA) is 63.7 Å². The first-order chi connectivity index (χ1) is 9.84. The molecule has 0 spiro atoms. The number of amides is 1. The van der Waals surface area contributed by atoms with E-state index in [2.05, 4.69) is 0 Å². The Morgan fingerprint density at radius 1 is 1.43 bits per heavy atom. The summed E-state index contributed by atoms with van der Waals surface area (Å²) in [5.41, 5.74) is 0.861. The molecule has 2 atom stereocenters. The molecule has 1 saturated heterocycles. The number of ether oxygens (including phenoxy) is 1. The first-order valence-electron chi connectivity index (χ1n) is 6.79. The lowest BCUT2D eigenvalue weighted by atomic mass is 10.1. The summed E-state index contributed by atoms with van der Waals surface area (Å²) in [6.07, 6.45) is -0.0625. The van der Waals surface area contributed by atoms with Crippen molar-refractivity contribution in [2.24, 2.45) is 0 Å². The van der Waals surface area contributed by atoms with Crippen LogP contribution >= 0.6 is 10.7 Å². The lowest BCUT2D eigenvalue weighted by Crippen LogP contribution is -2.30. The summed E-state index contributed by atoms with van der Waals surface area (Å²) < 4.78 is 28.4. The van der Waals surface area contributed by atoms with E-state index in [0.717, 1.165) is 5.56 Å². The van der Waals surface area contributed by atoms with Crippen LogP contribution in [-0.4, -0.2) is 37.6 Å². The summed E-state index contributed by atoms with van der Waals surface area (Å²) in [7, 11) is 1.64. The third-order valence-electron chi connectivity index (χ3n) is 3.66. The first-order valence-corrected chi connectivity index (χ1v) is 9.16. The average molecular weight is 332 g/mol. The average Bonchev–Trinajstić information content (AvgIpc) is 2.81. The number of para-hydroxylation sites is 1. The quantitative estimate of drug-likeness (QED) is 0.777. The zero-order valence-corrected chi connectivity index (χ0v) is 13.5. The van der Waals surface area contributed by atoms with Gasteiger partial charge in [0, 0.05) is 29.2 Å². The number of carbonyl (C=O) groups is 1. The minimum absolute atomic E-state index is 0.0625. The van der Waals surface area contributed by atoms with Crippen LogP contribution in [0.4, 0.5) is 0 Å². The molecule has 1 aliphatic rings. The molecule has 116 valence electrons. The lowest BCUT2D eigenvalue weighted by molar-refractivity contribution is -0.129. The highest BCUT2D eigenvalue weighted by Gasteiger charge is 2.39. The maximum absolute atomic E-state index is 12.1. The molecule has 1 aliphatic heterocycles. The smallest absolute Gasteiger partial charge is 0.237 e. The second kappa shape index (κ2) is 6.23. The number of hydrogen-bond donors (Lipinski definition) is 0. The van der Waals surface area contributed by atoms with Crippen molar-refractivity contribution in [1.82, 2.24) is 4.90 Å². The molecular formula is C14H18ClNO4S. The SMILES string of the molecule is CCOc1ccccc1C(C)N1CC(S(=O)(=O)Cl)CC1=O. The molecule has 1 aromatic carbocycles. The van der Waals surface area contributed by atoms with Crippen LogP contribution in [0.5, 0.6) is 5.75 Å². The molecule has 7 heteroatoms. The molecule has 0 N–H and O–H groups in total. The van der Waals surface area contributed by atoms with Gasteiger partial charge in [0.25, 0.3) is 0 Å². The van der Waals surface area contributed by atoms with Crippen molar-refractivity contribution in [2.75, 3.05) is 13.2 Å². The predicted molar refractivity (Wildman–Crippen MR) is 80.9 cm³/mol. The largest absolute Gasteiger partial charge is 0.494 e. The van der Waals surface area contributed by atoms with Crippen LogP contribution in [0.2, 0.25) is 0 Å². The highest BCUT2D eigenvalue weighted by molar-refractivity contribution is 8.14. The molecular weight excluding hydrogens is 314 g/mol. The maximum Gasteiger partial charge on any atom is 0.237 e. The molecule has 1 fully saturated rings. The lowest BCUT2D eigenvalue weighted by Gasteiger charge is -2.26.